The Morgan fingerprint density at radius 2 is 1.10 bits per heavy atom. The van der Waals surface area contributed by atoms with Crippen molar-refractivity contribution in [2.45, 2.75) is 0 Å². The molecule has 8 aromatic rings. The molecule has 0 saturated heterocycles. The van der Waals surface area contributed by atoms with Crippen molar-refractivity contribution in [1.82, 2.24) is 15.0 Å². The molecule has 0 bridgehead atoms. The molecule has 186 valence electrons. The van der Waals surface area contributed by atoms with Crippen molar-refractivity contribution in [1.29, 1.82) is 0 Å². The summed E-state index contributed by atoms with van der Waals surface area (Å²) < 4.78 is 0. The van der Waals surface area contributed by atoms with Gasteiger partial charge < -0.3 is 0 Å². The van der Waals surface area contributed by atoms with Gasteiger partial charge >= 0.3 is 0 Å². The summed E-state index contributed by atoms with van der Waals surface area (Å²) >= 11 is 0. The zero-order chi connectivity index (χ0) is 26.5. The summed E-state index contributed by atoms with van der Waals surface area (Å²) in [6, 6.07) is 44.8. The first-order valence-electron chi connectivity index (χ1n) is 13.4. The van der Waals surface area contributed by atoms with Crippen LogP contribution in [-0.4, -0.2) is 15.0 Å². The lowest BCUT2D eigenvalue weighted by atomic mass is 9.91. The van der Waals surface area contributed by atoms with Gasteiger partial charge in [0, 0.05) is 29.1 Å². The number of aromatic nitrogens is 3. The van der Waals surface area contributed by atoms with Gasteiger partial charge in [-0.2, -0.15) is 0 Å². The smallest absolute Gasteiger partial charge is 0.160 e. The molecular weight excluding hydrogens is 486 g/mol. The van der Waals surface area contributed by atoms with Crippen molar-refractivity contribution in [2.24, 2.45) is 0 Å². The predicted octanol–water partition coefficient (Wildman–Crippen LogP) is 9.44. The quantitative estimate of drug-likeness (QED) is 0.222. The molecular formula is C37H23N3. The molecule has 0 spiro atoms. The van der Waals surface area contributed by atoms with Crippen LogP contribution in [-0.2, 0) is 0 Å². The summed E-state index contributed by atoms with van der Waals surface area (Å²) in [5, 5.41) is 7.56. The molecule has 0 aliphatic rings. The molecule has 40 heavy (non-hydrogen) atoms. The van der Waals surface area contributed by atoms with Crippen molar-refractivity contribution in [3.63, 3.8) is 0 Å². The van der Waals surface area contributed by atoms with Crippen LogP contribution in [0.15, 0.2) is 140 Å². The van der Waals surface area contributed by atoms with Crippen molar-refractivity contribution in [2.75, 3.05) is 0 Å². The molecule has 0 aliphatic carbocycles. The summed E-state index contributed by atoms with van der Waals surface area (Å²) in [5.74, 6) is 0.708. The van der Waals surface area contributed by atoms with Gasteiger partial charge in [-0.3, -0.25) is 4.98 Å². The van der Waals surface area contributed by atoms with E-state index < -0.39 is 0 Å². The minimum atomic E-state index is 0.708. The largest absolute Gasteiger partial charge is 0.264 e. The topological polar surface area (TPSA) is 38.7 Å². The first kappa shape index (κ1) is 22.6. The van der Waals surface area contributed by atoms with Crippen molar-refractivity contribution < 1.29 is 0 Å². The lowest BCUT2D eigenvalue weighted by Gasteiger charge is -2.15. The molecule has 8 rings (SSSR count). The number of hydrogen-bond acceptors (Lipinski definition) is 3. The summed E-state index contributed by atoms with van der Waals surface area (Å²) in [4.78, 5) is 14.5. The number of hydrogen-bond donors (Lipinski definition) is 0. The molecule has 0 unspecified atom stereocenters. The molecule has 0 amide bonds. The highest BCUT2D eigenvalue weighted by Gasteiger charge is 2.16. The van der Waals surface area contributed by atoms with E-state index in [4.69, 9.17) is 9.97 Å². The van der Waals surface area contributed by atoms with Crippen LogP contribution in [0, 0.1) is 0 Å². The molecule has 2 heterocycles. The SMILES string of the molecule is c1ccc(-c2cc(-c3ccc4ccc5cccc6ccc3c4c56)nc(-c3ccc(-c4cccnc4)cc3)n2)cc1. The Balaban J connectivity index is 1.34. The highest BCUT2D eigenvalue weighted by atomic mass is 14.9. The van der Waals surface area contributed by atoms with Crippen molar-refractivity contribution >= 4 is 32.3 Å². The number of nitrogens with zero attached hydrogens (tertiary/aromatic N) is 3. The fourth-order valence-corrected chi connectivity index (χ4v) is 5.78. The van der Waals surface area contributed by atoms with Gasteiger partial charge in [-0.1, -0.05) is 115 Å². The first-order valence-corrected chi connectivity index (χ1v) is 13.4. The third-order valence-corrected chi connectivity index (χ3v) is 7.74. The predicted molar refractivity (Wildman–Crippen MR) is 165 cm³/mol. The average Bonchev–Trinajstić information content (AvgIpc) is 3.04. The highest BCUT2D eigenvalue weighted by molar-refractivity contribution is 6.25. The molecule has 0 N–H and O–H groups in total. The maximum atomic E-state index is 5.16. The number of pyridine rings is 1. The molecule has 0 fully saturated rings. The lowest BCUT2D eigenvalue weighted by molar-refractivity contribution is 1.18. The van der Waals surface area contributed by atoms with Crippen LogP contribution in [0.2, 0.25) is 0 Å². The second kappa shape index (κ2) is 9.11. The van der Waals surface area contributed by atoms with Gasteiger partial charge in [0.2, 0.25) is 0 Å². The Labute approximate surface area is 231 Å². The number of rotatable bonds is 4. The Morgan fingerprint density at radius 1 is 0.425 bits per heavy atom. The lowest BCUT2D eigenvalue weighted by Crippen LogP contribution is -1.97. The van der Waals surface area contributed by atoms with Gasteiger partial charge in [0.05, 0.1) is 11.4 Å². The summed E-state index contributed by atoms with van der Waals surface area (Å²) in [6.07, 6.45) is 3.68. The van der Waals surface area contributed by atoms with Gasteiger partial charge in [0.15, 0.2) is 5.82 Å². The van der Waals surface area contributed by atoms with E-state index in [0.717, 1.165) is 39.2 Å². The van der Waals surface area contributed by atoms with Crippen LogP contribution in [0.5, 0.6) is 0 Å². The third-order valence-electron chi connectivity index (χ3n) is 7.74. The second-order valence-corrected chi connectivity index (χ2v) is 10.1. The van der Waals surface area contributed by atoms with Gasteiger partial charge in [0.1, 0.15) is 0 Å². The molecule has 0 aliphatic heterocycles. The first-order chi connectivity index (χ1) is 19.8. The fraction of sp³-hybridized carbons (Fsp3) is 0. The van der Waals surface area contributed by atoms with Crippen LogP contribution in [0.3, 0.4) is 0 Å². The molecule has 0 saturated carbocycles. The van der Waals surface area contributed by atoms with Gasteiger partial charge in [-0.25, -0.2) is 9.97 Å². The Hall–Kier alpha value is -5.41. The maximum absolute atomic E-state index is 5.16. The van der Waals surface area contributed by atoms with E-state index in [0.29, 0.717) is 5.82 Å². The van der Waals surface area contributed by atoms with Crippen LogP contribution < -0.4 is 0 Å². The molecule has 0 radical (unpaired) electrons. The summed E-state index contributed by atoms with van der Waals surface area (Å²) in [7, 11) is 0. The summed E-state index contributed by atoms with van der Waals surface area (Å²) in [6.45, 7) is 0. The van der Waals surface area contributed by atoms with Gasteiger partial charge in [-0.05, 0) is 55.6 Å². The van der Waals surface area contributed by atoms with Crippen LogP contribution >= 0.6 is 0 Å². The van der Waals surface area contributed by atoms with E-state index >= 15 is 0 Å². The fourth-order valence-electron chi connectivity index (χ4n) is 5.78. The average molecular weight is 510 g/mol. The standard InChI is InChI=1S/C37H23N3/c1-2-6-25(7-3-1)33-22-34(40-37(39-33)29-15-11-24(12-16-29)30-10-5-21-38-23-30)31-19-17-28-14-13-26-8-4-9-27-18-20-32(31)36(28)35(26)27/h1-23H. The number of benzene rings is 6. The third kappa shape index (κ3) is 3.71. The molecule has 6 aromatic carbocycles. The minimum absolute atomic E-state index is 0.708. The van der Waals surface area contributed by atoms with E-state index in [1.54, 1.807) is 6.20 Å². The normalized spacial score (nSPS) is 11.5. The summed E-state index contributed by atoms with van der Waals surface area (Å²) in [5.41, 5.74) is 7.17. The van der Waals surface area contributed by atoms with Crippen LogP contribution in [0.1, 0.15) is 0 Å². The van der Waals surface area contributed by atoms with Gasteiger partial charge in [0.25, 0.3) is 0 Å². The van der Waals surface area contributed by atoms with Crippen LogP contribution in [0.4, 0.5) is 0 Å². The maximum Gasteiger partial charge on any atom is 0.160 e. The zero-order valence-electron chi connectivity index (χ0n) is 21.6. The Morgan fingerprint density at radius 3 is 1.88 bits per heavy atom. The zero-order valence-corrected chi connectivity index (χ0v) is 21.6. The van der Waals surface area contributed by atoms with Crippen molar-refractivity contribution in [3.8, 4) is 45.0 Å². The Bertz CT molecular complexity index is 2120. The monoisotopic (exact) mass is 509 g/mol. The van der Waals surface area contributed by atoms with Crippen molar-refractivity contribution in [3.05, 3.63) is 140 Å². The van der Waals surface area contributed by atoms with E-state index in [9.17, 15) is 0 Å². The van der Waals surface area contributed by atoms with E-state index in [1.165, 1.54) is 32.3 Å². The second-order valence-electron chi connectivity index (χ2n) is 10.1. The van der Waals surface area contributed by atoms with E-state index in [-0.39, 0.29) is 0 Å². The molecule has 3 nitrogen and oxygen atoms in total. The van der Waals surface area contributed by atoms with Crippen LogP contribution in [0.25, 0.3) is 77.3 Å². The molecule has 3 heteroatoms. The van der Waals surface area contributed by atoms with Gasteiger partial charge in [-0.15, -0.1) is 0 Å². The van der Waals surface area contributed by atoms with E-state index in [1.807, 2.05) is 18.3 Å². The Kier molecular flexibility index (Phi) is 5.14. The molecule has 2 aromatic heterocycles. The minimum Gasteiger partial charge on any atom is -0.264 e. The molecule has 0 atom stereocenters. The van der Waals surface area contributed by atoms with E-state index in [2.05, 4.69) is 120 Å². The highest BCUT2D eigenvalue weighted by Crippen LogP contribution is 2.39.